The Balaban J connectivity index is 1.51. The Morgan fingerprint density at radius 1 is 1.32 bits per heavy atom. The average molecular weight is 431 g/mol. The number of carbonyl (C=O) groups excluding carboxylic acids is 1. The molecule has 1 amide bonds. The minimum Gasteiger partial charge on any atom is -0.504 e. The fourth-order valence-corrected chi connectivity index (χ4v) is 6.81. The molecule has 9 heteroatoms. The van der Waals surface area contributed by atoms with Gasteiger partial charge in [0.1, 0.15) is 12.6 Å². The van der Waals surface area contributed by atoms with Crippen LogP contribution in [0.3, 0.4) is 0 Å². The summed E-state index contributed by atoms with van der Waals surface area (Å²) in [5, 5.41) is 25.1. The molecule has 5 rings (SSSR count). The van der Waals surface area contributed by atoms with Gasteiger partial charge in [0.05, 0.1) is 17.6 Å². The number of methoxy groups -OCH3 is 1. The number of carboxylic acid groups (broad SMARTS) is 1. The highest BCUT2D eigenvalue weighted by Crippen LogP contribution is 2.66. The van der Waals surface area contributed by atoms with Crippen LogP contribution in [-0.2, 0) is 26.2 Å². The number of carbonyl (C=O) groups is 2. The normalized spacial score (nSPS) is 35.2. The lowest BCUT2D eigenvalue weighted by atomic mass is 9.48. The lowest BCUT2D eigenvalue weighted by Crippen LogP contribution is -2.78. The number of piperidine rings is 1. The molecule has 2 bridgehead atoms. The second kappa shape index (κ2) is 7.08. The van der Waals surface area contributed by atoms with Gasteiger partial charge in [-0.15, -0.1) is 0 Å². The topological polar surface area (TPSA) is 120 Å². The van der Waals surface area contributed by atoms with Crippen LogP contribution in [0, 0.1) is 0 Å². The first kappa shape index (κ1) is 20.5. The van der Waals surface area contributed by atoms with E-state index >= 15 is 0 Å². The first-order chi connectivity index (χ1) is 14.8. The molecule has 2 aliphatic carbocycles. The Labute approximate surface area is 180 Å². The van der Waals surface area contributed by atoms with Gasteiger partial charge in [0.2, 0.25) is 5.91 Å². The van der Waals surface area contributed by atoms with Crippen LogP contribution in [0.4, 0.5) is 0 Å². The first-order valence-electron chi connectivity index (χ1n) is 10.8. The van der Waals surface area contributed by atoms with Crippen LogP contribution < -0.4 is 15.4 Å². The Hall–Kier alpha value is -2.36. The molecule has 0 aromatic heterocycles. The molecule has 4 aliphatic rings. The van der Waals surface area contributed by atoms with Crippen molar-refractivity contribution in [2.24, 2.45) is 0 Å². The lowest BCUT2D eigenvalue weighted by Gasteiger charge is -2.65. The van der Waals surface area contributed by atoms with E-state index in [1.807, 2.05) is 6.07 Å². The van der Waals surface area contributed by atoms with Gasteiger partial charge in [0.25, 0.3) is 0 Å². The van der Waals surface area contributed by atoms with Crippen molar-refractivity contribution in [1.82, 2.24) is 15.5 Å². The summed E-state index contributed by atoms with van der Waals surface area (Å²) < 4.78 is 12.9. The van der Waals surface area contributed by atoms with Crippen molar-refractivity contribution in [1.29, 1.82) is 0 Å². The molecule has 5 atom stereocenters. The van der Waals surface area contributed by atoms with Crippen molar-refractivity contribution in [2.75, 3.05) is 33.8 Å². The third-order valence-corrected chi connectivity index (χ3v) is 8.02. The molecule has 2 aliphatic heterocycles. The Morgan fingerprint density at radius 3 is 2.87 bits per heavy atom. The van der Waals surface area contributed by atoms with E-state index < -0.39 is 23.5 Å². The van der Waals surface area contributed by atoms with Crippen LogP contribution in [0.2, 0.25) is 0 Å². The largest absolute Gasteiger partial charge is 0.504 e. The third-order valence-electron chi connectivity index (χ3n) is 8.02. The molecule has 1 aromatic rings. The molecule has 1 spiro atoms. The molecule has 1 unspecified atom stereocenters. The van der Waals surface area contributed by atoms with Crippen molar-refractivity contribution in [3.63, 3.8) is 0 Å². The maximum atomic E-state index is 12.1. The number of aromatic hydroxyl groups is 1. The summed E-state index contributed by atoms with van der Waals surface area (Å²) in [6.07, 6.45) is 2.96. The smallest absolute Gasteiger partial charge is 0.322 e. The van der Waals surface area contributed by atoms with Crippen molar-refractivity contribution in [2.45, 2.75) is 54.9 Å². The van der Waals surface area contributed by atoms with Crippen LogP contribution >= 0.6 is 0 Å². The Morgan fingerprint density at radius 2 is 2.13 bits per heavy atom. The third kappa shape index (κ3) is 2.66. The fourth-order valence-electron chi connectivity index (χ4n) is 6.81. The number of phenolic OH excluding ortho intramolecular Hbond substituents is 1. The minimum atomic E-state index is -1.08. The number of hydrogen-bond acceptors (Lipinski definition) is 7. The number of benzene rings is 1. The predicted octanol–water partition coefficient (Wildman–Crippen LogP) is -0.0108. The number of carboxylic acids is 1. The van der Waals surface area contributed by atoms with E-state index in [0.717, 1.165) is 37.8 Å². The number of ether oxygens (including phenoxy) is 2. The van der Waals surface area contributed by atoms with Crippen molar-refractivity contribution >= 4 is 11.9 Å². The molecule has 0 radical (unpaired) electrons. The van der Waals surface area contributed by atoms with Gasteiger partial charge in [0, 0.05) is 24.8 Å². The molecule has 1 aromatic carbocycles. The van der Waals surface area contributed by atoms with Gasteiger partial charge < -0.3 is 35.2 Å². The summed E-state index contributed by atoms with van der Waals surface area (Å²) in [4.78, 5) is 25.2. The quantitative estimate of drug-likeness (QED) is 0.497. The van der Waals surface area contributed by atoms with Crippen molar-refractivity contribution in [3.8, 4) is 11.5 Å². The van der Waals surface area contributed by atoms with Gasteiger partial charge in [-0.05, 0) is 50.9 Å². The highest BCUT2D eigenvalue weighted by Gasteiger charge is 2.73. The zero-order valence-corrected chi connectivity index (χ0v) is 17.8. The molecular formula is C22H29N3O6. The molecule has 31 heavy (non-hydrogen) atoms. The number of hydrogen-bond donors (Lipinski definition) is 4. The molecule has 4 N–H and O–H groups in total. The second-order valence-corrected chi connectivity index (χ2v) is 9.20. The Bertz CT molecular complexity index is 938. The summed E-state index contributed by atoms with van der Waals surface area (Å²) in [6, 6.07) is 3.80. The summed E-state index contributed by atoms with van der Waals surface area (Å²) in [6.45, 7) is 0.501. The molecule has 168 valence electrons. The number of nitrogens with one attached hydrogen (secondary N) is 2. The van der Waals surface area contributed by atoms with Gasteiger partial charge in [-0.25, -0.2) is 0 Å². The summed E-state index contributed by atoms with van der Waals surface area (Å²) in [7, 11) is 3.93. The highest BCUT2D eigenvalue weighted by molar-refractivity contribution is 5.82. The van der Waals surface area contributed by atoms with Crippen LogP contribution in [0.15, 0.2) is 12.1 Å². The van der Waals surface area contributed by atoms with Crippen LogP contribution in [-0.4, -0.2) is 84.6 Å². The molecule has 2 fully saturated rings. The standard InChI is InChI=1S/C22H29N3O6/c1-25-8-7-21-18-12-3-4-14(26)19(18)31-20(21)13(23-10-16(27)24-11-17(28)29)5-6-22(21,30-2)15(25)9-12/h3-4,13,15,20,23,26H,5-11H2,1-2H3,(H,24,27)(H,28,29)/t13-,15?,20+,21+,22-/m1/s1. The first-order valence-corrected chi connectivity index (χ1v) is 10.8. The van der Waals surface area contributed by atoms with Gasteiger partial charge in [-0.2, -0.15) is 0 Å². The monoisotopic (exact) mass is 431 g/mol. The van der Waals surface area contributed by atoms with E-state index in [9.17, 15) is 14.7 Å². The van der Waals surface area contributed by atoms with E-state index in [0.29, 0.717) is 5.75 Å². The van der Waals surface area contributed by atoms with Gasteiger partial charge >= 0.3 is 5.97 Å². The highest BCUT2D eigenvalue weighted by atomic mass is 16.5. The number of phenols is 1. The minimum absolute atomic E-state index is 0.00633. The van der Waals surface area contributed by atoms with Crippen LogP contribution in [0.25, 0.3) is 0 Å². The van der Waals surface area contributed by atoms with Crippen molar-refractivity contribution < 1.29 is 29.3 Å². The number of rotatable bonds is 6. The molecule has 2 heterocycles. The number of nitrogens with zero attached hydrogens (tertiary/aromatic N) is 1. The summed E-state index contributed by atoms with van der Waals surface area (Å²) in [5.41, 5.74) is 1.43. The van der Waals surface area contributed by atoms with Crippen molar-refractivity contribution in [3.05, 3.63) is 23.3 Å². The zero-order valence-electron chi connectivity index (χ0n) is 17.8. The number of likely N-dealkylation sites (N-methyl/N-ethyl adjacent to an activating group) is 1. The molecule has 1 saturated heterocycles. The maximum absolute atomic E-state index is 12.1. The fraction of sp³-hybridized carbons (Fsp3) is 0.636. The van der Waals surface area contributed by atoms with E-state index in [1.54, 1.807) is 13.2 Å². The van der Waals surface area contributed by atoms with Gasteiger partial charge in [0.15, 0.2) is 11.5 Å². The number of likely N-dealkylation sites (tertiary alicyclic amines) is 1. The Kier molecular flexibility index (Phi) is 4.69. The molecule has 9 nitrogen and oxygen atoms in total. The molecule has 1 saturated carbocycles. The number of amides is 1. The van der Waals surface area contributed by atoms with Gasteiger partial charge in [-0.1, -0.05) is 6.07 Å². The average Bonchev–Trinajstić information content (AvgIpc) is 3.11. The maximum Gasteiger partial charge on any atom is 0.322 e. The summed E-state index contributed by atoms with van der Waals surface area (Å²) in [5.74, 6) is -0.752. The van der Waals surface area contributed by atoms with E-state index in [-0.39, 0.29) is 36.4 Å². The van der Waals surface area contributed by atoms with E-state index in [1.165, 1.54) is 5.56 Å². The predicted molar refractivity (Wildman–Crippen MR) is 110 cm³/mol. The SMILES string of the molecule is CO[C@@]12CC[C@@H](NCC(=O)NCC(=O)O)[C@@H]3Oc4c(O)ccc5c4[C@@]31CCN(C)C2C5. The van der Waals surface area contributed by atoms with E-state index in [2.05, 4.69) is 22.6 Å². The summed E-state index contributed by atoms with van der Waals surface area (Å²) >= 11 is 0. The zero-order chi connectivity index (χ0) is 22.0. The van der Waals surface area contributed by atoms with Gasteiger partial charge in [-0.3, -0.25) is 9.59 Å². The van der Waals surface area contributed by atoms with Crippen LogP contribution in [0.1, 0.15) is 30.4 Å². The van der Waals surface area contributed by atoms with Crippen LogP contribution in [0.5, 0.6) is 11.5 Å². The second-order valence-electron chi connectivity index (χ2n) is 9.20. The number of aliphatic carboxylic acids is 1. The molecular weight excluding hydrogens is 402 g/mol. The lowest BCUT2D eigenvalue weighted by molar-refractivity contribution is -0.203. The van der Waals surface area contributed by atoms with E-state index in [4.69, 9.17) is 14.6 Å².